The Balaban J connectivity index is 2.22. The molecule has 0 aromatic heterocycles. The molecular weight excluding hydrogens is 262 g/mol. The molecule has 108 valence electrons. The van der Waals surface area contributed by atoms with Gasteiger partial charge in [-0.15, -0.1) is 0 Å². The van der Waals surface area contributed by atoms with Gasteiger partial charge in [0.1, 0.15) is 5.75 Å². The maximum Gasteiger partial charge on any atom is 0.123 e. The molecule has 0 saturated heterocycles. The zero-order chi connectivity index (χ0) is 15.2. The summed E-state index contributed by atoms with van der Waals surface area (Å²) in [5.41, 5.74) is 3.76. The quantitative estimate of drug-likeness (QED) is 0.914. The number of nitrogens with one attached hydrogen (secondary N) is 1. The third-order valence-electron chi connectivity index (χ3n) is 3.26. The van der Waals surface area contributed by atoms with Gasteiger partial charge < -0.3 is 15.0 Å². The molecule has 0 amide bonds. The normalized spacial score (nSPS) is 9.81. The van der Waals surface area contributed by atoms with Crippen molar-refractivity contribution in [2.75, 3.05) is 31.4 Å². The summed E-state index contributed by atoms with van der Waals surface area (Å²) in [4.78, 5) is 2.06. The Hall–Kier alpha value is -2.67. The van der Waals surface area contributed by atoms with Gasteiger partial charge >= 0.3 is 0 Å². The summed E-state index contributed by atoms with van der Waals surface area (Å²) in [6, 6.07) is 15.7. The zero-order valence-electron chi connectivity index (χ0n) is 12.6. The van der Waals surface area contributed by atoms with Crippen molar-refractivity contribution in [1.82, 2.24) is 0 Å². The van der Waals surface area contributed by atoms with Gasteiger partial charge in [0, 0.05) is 26.2 Å². The molecular formula is C17H19N3O. The van der Waals surface area contributed by atoms with Gasteiger partial charge in [0.25, 0.3) is 0 Å². The molecule has 0 radical (unpaired) electrons. The van der Waals surface area contributed by atoms with Crippen LogP contribution in [0, 0.1) is 11.3 Å². The molecule has 21 heavy (non-hydrogen) atoms. The lowest BCUT2D eigenvalue weighted by atomic mass is 10.1. The fourth-order valence-electron chi connectivity index (χ4n) is 2.19. The van der Waals surface area contributed by atoms with E-state index in [9.17, 15) is 0 Å². The van der Waals surface area contributed by atoms with E-state index in [2.05, 4.69) is 22.4 Å². The zero-order valence-corrected chi connectivity index (χ0v) is 12.6. The number of nitriles is 1. The summed E-state index contributed by atoms with van der Waals surface area (Å²) in [5, 5.41) is 12.4. The van der Waals surface area contributed by atoms with Crippen LogP contribution in [0.4, 0.5) is 11.4 Å². The topological polar surface area (TPSA) is 48.3 Å². The number of hydrogen-bond acceptors (Lipinski definition) is 4. The molecule has 0 unspecified atom stereocenters. The fraction of sp³-hybridized carbons (Fsp3) is 0.235. The molecule has 0 aliphatic carbocycles. The highest BCUT2D eigenvalue weighted by molar-refractivity contribution is 5.69. The van der Waals surface area contributed by atoms with Crippen molar-refractivity contribution in [2.24, 2.45) is 0 Å². The lowest BCUT2D eigenvalue weighted by molar-refractivity contribution is 0.410. The molecule has 4 nitrogen and oxygen atoms in total. The summed E-state index contributed by atoms with van der Waals surface area (Å²) in [7, 11) is 5.66. The number of para-hydroxylation sites is 2. The van der Waals surface area contributed by atoms with Crippen LogP contribution in [0.5, 0.6) is 5.75 Å². The highest BCUT2D eigenvalue weighted by Crippen LogP contribution is 2.26. The van der Waals surface area contributed by atoms with Crippen LogP contribution in [0.1, 0.15) is 11.1 Å². The van der Waals surface area contributed by atoms with Gasteiger partial charge in [-0.05, 0) is 30.3 Å². The molecule has 0 heterocycles. The molecule has 4 heteroatoms. The molecule has 1 N–H and O–H groups in total. The molecule has 0 fully saturated rings. The summed E-state index contributed by atoms with van der Waals surface area (Å²) in [6.45, 7) is 0.601. The van der Waals surface area contributed by atoms with Gasteiger partial charge in [0.05, 0.1) is 30.1 Å². The Labute approximate surface area is 125 Å². The van der Waals surface area contributed by atoms with Crippen molar-refractivity contribution < 1.29 is 4.74 Å². The first-order valence-corrected chi connectivity index (χ1v) is 6.73. The maximum absolute atomic E-state index is 9.01. The van der Waals surface area contributed by atoms with Crippen LogP contribution in [0.3, 0.4) is 0 Å². The number of nitrogens with zero attached hydrogens (tertiary/aromatic N) is 2. The number of anilines is 2. The summed E-state index contributed by atoms with van der Waals surface area (Å²) in [5.74, 6) is 0.781. The van der Waals surface area contributed by atoms with E-state index in [0.717, 1.165) is 22.7 Å². The standard InChI is InChI=1S/C17H19N3O/c1-20(2)16-7-5-4-6-15(16)19-12-14-10-13(11-18)8-9-17(14)21-3/h4-10,19H,12H2,1-3H3. The predicted octanol–water partition coefficient (Wildman–Crippen LogP) is 3.24. The van der Waals surface area contributed by atoms with Gasteiger partial charge in [-0.3, -0.25) is 0 Å². The number of ether oxygens (including phenoxy) is 1. The van der Waals surface area contributed by atoms with E-state index >= 15 is 0 Å². The van der Waals surface area contributed by atoms with Gasteiger partial charge in [-0.2, -0.15) is 5.26 Å². The van der Waals surface area contributed by atoms with E-state index in [0.29, 0.717) is 12.1 Å². The second kappa shape index (κ2) is 6.67. The smallest absolute Gasteiger partial charge is 0.123 e. The van der Waals surface area contributed by atoms with Crippen LogP contribution < -0.4 is 15.0 Å². The van der Waals surface area contributed by atoms with Crippen molar-refractivity contribution >= 4 is 11.4 Å². The number of methoxy groups -OCH3 is 1. The van der Waals surface area contributed by atoms with Crippen LogP contribution in [0.25, 0.3) is 0 Å². The predicted molar refractivity (Wildman–Crippen MR) is 85.8 cm³/mol. The van der Waals surface area contributed by atoms with Gasteiger partial charge in [-0.1, -0.05) is 12.1 Å². The van der Waals surface area contributed by atoms with Crippen molar-refractivity contribution in [1.29, 1.82) is 5.26 Å². The second-order valence-electron chi connectivity index (χ2n) is 4.90. The molecule has 2 rings (SSSR count). The van der Waals surface area contributed by atoms with Gasteiger partial charge in [0.15, 0.2) is 0 Å². The second-order valence-corrected chi connectivity index (χ2v) is 4.90. The monoisotopic (exact) mass is 281 g/mol. The highest BCUT2D eigenvalue weighted by Gasteiger charge is 2.07. The Morgan fingerprint density at radius 3 is 2.62 bits per heavy atom. The third kappa shape index (κ3) is 3.46. The molecule has 0 bridgehead atoms. The van der Waals surface area contributed by atoms with Crippen molar-refractivity contribution in [3.8, 4) is 11.8 Å². The van der Waals surface area contributed by atoms with E-state index in [-0.39, 0.29) is 0 Å². The Kier molecular flexibility index (Phi) is 4.68. The largest absolute Gasteiger partial charge is 0.496 e. The number of hydrogen-bond donors (Lipinski definition) is 1. The van der Waals surface area contributed by atoms with Crippen LogP contribution >= 0.6 is 0 Å². The Bertz CT molecular complexity index is 659. The highest BCUT2D eigenvalue weighted by atomic mass is 16.5. The number of rotatable bonds is 5. The molecule has 2 aromatic carbocycles. The molecule has 0 aliphatic rings. The summed E-state index contributed by atoms with van der Waals surface area (Å²) in [6.07, 6.45) is 0. The van der Waals surface area contributed by atoms with Crippen LogP contribution in [-0.2, 0) is 6.54 Å². The summed E-state index contributed by atoms with van der Waals surface area (Å²) >= 11 is 0. The van der Waals surface area contributed by atoms with E-state index in [1.165, 1.54) is 0 Å². The first-order chi connectivity index (χ1) is 10.2. The molecule has 0 saturated carbocycles. The molecule has 0 atom stereocenters. The minimum atomic E-state index is 0.601. The lowest BCUT2D eigenvalue weighted by Gasteiger charge is -2.19. The van der Waals surface area contributed by atoms with E-state index < -0.39 is 0 Å². The minimum Gasteiger partial charge on any atom is -0.496 e. The number of benzene rings is 2. The molecule has 2 aromatic rings. The first kappa shape index (κ1) is 14.7. The van der Waals surface area contributed by atoms with Crippen LogP contribution in [0.15, 0.2) is 42.5 Å². The van der Waals surface area contributed by atoms with E-state index in [4.69, 9.17) is 10.00 Å². The third-order valence-corrected chi connectivity index (χ3v) is 3.26. The van der Waals surface area contributed by atoms with Gasteiger partial charge in [-0.25, -0.2) is 0 Å². The lowest BCUT2D eigenvalue weighted by Crippen LogP contribution is -2.12. The van der Waals surface area contributed by atoms with Crippen molar-refractivity contribution in [3.63, 3.8) is 0 Å². The maximum atomic E-state index is 9.01. The minimum absolute atomic E-state index is 0.601. The summed E-state index contributed by atoms with van der Waals surface area (Å²) < 4.78 is 5.35. The van der Waals surface area contributed by atoms with E-state index in [1.54, 1.807) is 13.2 Å². The fourth-order valence-corrected chi connectivity index (χ4v) is 2.19. The Morgan fingerprint density at radius 2 is 1.95 bits per heavy atom. The molecule has 0 aliphatic heterocycles. The first-order valence-electron chi connectivity index (χ1n) is 6.73. The Morgan fingerprint density at radius 1 is 1.19 bits per heavy atom. The van der Waals surface area contributed by atoms with Crippen molar-refractivity contribution in [2.45, 2.75) is 6.54 Å². The average molecular weight is 281 g/mol. The van der Waals surface area contributed by atoms with Gasteiger partial charge in [0.2, 0.25) is 0 Å². The SMILES string of the molecule is COc1ccc(C#N)cc1CNc1ccccc1N(C)C. The van der Waals surface area contributed by atoms with Crippen LogP contribution in [0.2, 0.25) is 0 Å². The average Bonchev–Trinajstić information content (AvgIpc) is 2.52. The molecule has 0 spiro atoms. The van der Waals surface area contributed by atoms with E-state index in [1.807, 2.05) is 44.4 Å². The van der Waals surface area contributed by atoms with Crippen molar-refractivity contribution in [3.05, 3.63) is 53.6 Å². The van der Waals surface area contributed by atoms with Crippen LogP contribution in [-0.4, -0.2) is 21.2 Å².